The van der Waals surface area contributed by atoms with E-state index in [1.165, 1.54) is 16.6 Å². The molecule has 1 aromatic carbocycles. The molecule has 1 atom stereocenters. The molecule has 1 aliphatic heterocycles. The maximum absolute atomic E-state index is 13.0. The van der Waals surface area contributed by atoms with Crippen LogP contribution in [-0.2, 0) is 4.79 Å². The third-order valence-corrected chi connectivity index (χ3v) is 7.53. The van der Waals surface area contributed by atoms with E-state index >= 15 is 0 Å². The van der Waals surface area contributed by atoms with E-state index in [4.69, 9.17) is 4.74 Å². The standard InChI is InChI=1S/C22H22N4O2S2/c1-14-11-20-23-24-22(26(20)18-12-15(28-2)7-8-16(14)18)30-13-21(27)25-9-3-5-17(25)19-6-4-10-29-19/h4,6-8,10-12,17H,3,5,9,13H2,1-2H3. The van der Waals surface area contributed by atoms with Gasteiger partial charge in [-0.15, -0.1) is 21.5 Å². The maximum Gasteiger partial charge on any atom is 0.233 e. The lowest BCUT2D eigenvalue weighted by atomic mass is 10.1. The first kappa shape index (κ1) is 19.4. The molecule has 0 radical (unpaired) electrons. The molecule has 1 amide bonds. The van der Waals surface area contributed by atoms with E-state index in [1.54, 1.807) is 18.4 Å². The van der Waals surface area contributed by atoms with Gasteiger partial charge in [0.25, 0.3) is 0 Å². The second kappa shape index (κ2) is 7.92. The van der Waals surface area contributed by atoms with Crippen molar-refractivity contribution in [1.82, 2.24) is 19.5 Å². The highest BCUT2D eigenvalue weighted by Gasteiger charge is 2.30. The first-order chi connectivity index (χ1) is 14.7. The summed E-state index contributed by atoms with van der Waals surface area (Å²) in [6.45, 7) is 2.89. The molecule has 3 aromatic heterocycles. The van der Waals surface area contributed by atoms with Crippen LogP contribution in [0.25, 0.3) is 16.6 Å². The summed E-state index contributed by atoms with van der Waals surface area (Å²) in [5, 5.41) is 12.6. The number of thiophene rings is 1. The lowest BCUT2D eigenvalue weighted by Gasteiger charge is -2.23. The van der Waals surface area contributed by atoms with Crippen LogP contribution in [0.5, 0.6) is 5.75 Å². The molecule has 1 saturated heterocycles. The Morgan fingerprint density at radius 2 is 2.20 bits per heavy atom. The van der Waals surface area contributed by atoms with Crippen molar-refractivity contribution in [2.45, 2.75) is 31.0 Å². The van der Waals surface area contributed by atoms with Crippen LogP contribution in [0.3, 0.4) is 0 Å². The van der Waals surface area contributed by atoms with Gasteiger partial charge in [0, 0.05) is 22.9 Å². The average molecular weight is 439 g/mol. The SMILES string of the molecule is COc1ccc2c(C)cc3nnc(SCC(=O)N4CCCC4c4cccs4)n3c2c1. The molecule has 6 nitrogen and oxygen atoms in total. The Morgan fingerprint density at radius 3 is 3.00 bits per heavy atom. The number of aryl methyl sites for hydroxylation is 1. The smallest absolute Gasteiger partial charge is 0.233 e. The van der Waals surface area contributed by atoms with E-state index in [-0.39, 0.29) is 11.9 Å². The molecule has 1 fully saturated rings. The molecule has 4 aromatic rings. The number of ether oxygens (including phenoxy) is 1. The fourth-order valence-corrected chi connectivity index (χ4v) is 5.89. The van der Waals surface area contributed by atoms with Gasteiger partial charge in [0.2, 0.25) is 5.91 Å². The minimum Gasteiger partial charge on any atom is -0.497 e. The number of methoxy groups -OCH3 is 1. The first-order valence-corrected chi connectivity index (χ1v) is 11.8. The zero-order chi connectivity index (χ0) is 20.7. The van der Waals surface area contributed by atoms with Gasteiger partial charge in [-0.1, -0.05) is 17.8 Å². The number of fused-ring (bicyclic) bond motifs is 3. The van der Waals surface area contributed by atoms with Gasteiger partial charge >= 0.3 is 0 Å². The predicted octanol–water partition coefficient (Wildman–Crippen LogP) is 4.72. The normalized spacial score (nSPS) is 16.6. The largest absolute Gasteiger partial charge is 0.497 e. The molecule has 0 N–H and O–H groups in total. The molecular formula is C22H22N4O2S2. The lowest BCUT2D eigenvalue weighted by molar-refractivity contribution is -0.129. The molecule has 30 heavy (non-hydrogen) atoms. The van der Waals surface area contributed by atoms with Crippen molar-refractivity contribution in [1.29, 1.82) is 0 Å². The molecule has 5 rings (SSSR count). The predicted molar refractivity (Wildman–Crippen MR) is 121 cm³/mol. The highest BCUT2D eigenvalue weighted by Crippen LogP contribution is 2.35. The molecule has 0 aliphatic carbocycles. The number of hydrogen-bond donors (Lipinski definition) is 0. The van der Waals surface area contributed by atoms with Crippen molar-refractivity contribution in [3.63, 3.8) is 0 Å². The van der Waals surface area contributed by atoms with Gasteiger partial charge in [-0.05, 0) is 55.0 Å². The number of nitrogens with zero attached hydrogens (tertiary/aromatic N) is 4. The van der Waals surface area contributed by atoms with Gasteiger partial charge in [0.15, 0.2) is 10.8 Å². The number of carbonyl (C=O) groups is 1. The van der Waals surface area contributed by atoms with Crippen LogP contribution in [0.4, 0.5) is 0 Å². The van der Waals surface area contributed by atoms with Gasteiger partial charge in [0.1, 0.15) is 5.75 Å². The van der Waals surface area contributed by atoms with Crippen molar-refractivity contribution in [3.05, 3.63) is 52.2 Å². The van der Waals surface area contributed by atoms with Crippen molar-refractivity contribution in [2.24, 2.45) is 0 Å². The number of rotatable bonds is 5. The summed E-state index contributed by atoms with van der Waals surface area (Å²) in [5.74, 6) is 1.29. The van der Waals surface area contributed by atoms with Gasteiger partial charge < -0.3 is 9.64 Å². The Hall–Kier alpha value is -2.58. The van der Waals surface area contributed by atoms with E-state index in [1.807, 2.05) is 27.5 Å². The zero-order valence-electron chi connectivity index (χ0n) is 16.9. The van der Waals surface area contributed by atoms with E-state index in [2.05, 4.69) is 40.7 Å². The number of aromatic nitrogens is 3. The number of pyridine rings is 1. The minimum absolute atomic E-state index is 0.154. The summed E-state index contributed by atoms with van der Waals surface area (Å²) < 4.78 is 7.44. The second-order valence-electron chi connectivity index (χ2n) is 7.44. The number of benzene rings is 1. The number of hydrogen-bond acceptors (Lipinski definition) is 6. The summed E-state index contributed by atoms with van der Waals surface area (Å²) >= 11 is 3.17. The highest BCUT2D eigenvalue weighted by molar-refractivity contribution is 7.99. The molecule has 154 valence electrons. The van der Waals surface area contributed by atoms with Crippen LogP contribution in [0.15, 0.2) is 46.9 Å². The van der Waals surface area contributed by atoms with Gasteiger partial charge in [0.05, 0.1) is 24.4 Å². The van der Waals surface area contributed by atoms with E-state index in [0.717, 1.165) is 52.4 Å². The molecule has 8 heteroatoms. The molecule has 1 aliphatic rings. The van der Waals surface area contributed by atoms with E-state index in [9.17, 15) is 4.79 Å². The molecule has 0 bridgehead atoms. The number of carbonyl (C=O) groups excluding carboxylic acids is 1. The Morgan fingerprint density at radius 1 is 1.30 bits per heavy atom. The third-order valence-electron chi connectivity index (χ3n) is 5.64. The third kappa shape index (κ3) is 3.33. The minimum atomic E-state index is 0.154. The van der Waals surface area contributed by atoms with Crippen molar-refractivity contribution >= 4 is 45.6 Å². The topological polar surface area (TPSA) is 59.7 Å². The number of likely N-dealkylation sites (tertiary alicyclic amines) is 1. The van der Waals surface area contributed by atoms with Gasteiger partial charge in [-0.25, -0.2) is 0 Å². The maximum atomic E-state index is 13.0. The summed E-state index contributed by atoms with van der Waals surface area (Å²) in [6.07, 6.45) is 2.09. The van der Waals surface area contributed by atoms with Crippen LogP contribution >= 0.6 is 23.1 Å². The van der Waals surface area contributed by atoms with Crippen LogP contribution in [0, 0.1) is 6.92 Å². The number of amides is 1. The van der Waals surface area contributed by atoms with Crippen LogP contribution in [0.1, 0.15) is 29.3 Å². The number of thioether (sulfide) groups is 1. The van der Waals surface area contributed by atoms with Gasteiger partial charge in [-0.3, -0.25) is 9.20 Å². The van der Waals surface area contributed by atoms with E-state index < -0.39 is 0 Å². The Balaban J connectivity index is 1.43. The zero-order valence-corrected chi connectivity index (χ0v) is 18.5. The fourth-order valence-electron chi connectivity index (χ4n) is 4.17. The molecule has 0 spiro atoms. The Labute approximate surface area is 182 Å². The second-order valence-corrected chi connectivity index (χ2v) is 9.36. The summed E-state index contributed by atoms with van der Waals surface area (Å²) in [7, 11) is 1.66. The molecular weight excluding hydrogens is 416 g/mol. The van der Waals surface area contributed by atoms with Crippen LogP contribution < -0.4 is 4.74 Å². The van der Waals surface area contributed by atoms with Crippen molar-refractivity contribution in [3.8, 4) is 5.75 Å². The molecule has 0 saturated carbocycles. The summed E-state index contributed by atoms with van der Waals surface area (Å²) in [4.78, 5) is 16.3. The highest BCUT2D eigenvalue weighted by atomic mass is 32.2. The monoisotopic (exact) mass is 438 g/mol. The summed E-state index contributed by atoms with van der Waals surface area (Å²) in [5.41, 5.74) is 2.90. The first-order valence-electron chi connectivity index (χ1n) is 9.94. The molecule has 1 unspecified atom stereocenters. The van der Waals surface area contributed by atoms with Crippen molar-refractivity contribution in [2.75, 3.05) is 19.4 Å². The average Bonchev–Trinajstić information content (AvgIpc) is 3.51. The van der Waals surface area contributed by atoms with Crippen LogP contribution in [-0.4, -0.2) is 44.8 Å². The summed E-state index contributed by atoms with van der Waals surface area (Å²) in [6, 6.07) is 12.4. The Bertz CT molecular complexity index is 1220. The fraction of sp³-hybridized carbons (Fsp3) is 0.318. The molecule has 4 heterocycles. The Kier molecular flexibility index (Phi) is 5.12. The van der Waals surface area contributed by atoms with Gasteiger partial charge in [-0.2, -0.15) is 0 Å². The van der Waals surface area contributed by atoms with Crippen LogP contribution in [0.2, 0.25) is 0 Å². The van der Waals surface area contributed by atoms with E-state index in [0.29, 0.717) is 5.75 Å². The van der Waals surface area contributed by atoms with Crippen molar-refractivity contribution < 1.29 is 9.53 Å². The lowest BCUT2D eigenvalue weighted by Crippen LogP contribution is -2.31. The quantitative estimate of drug-likeness (QED) is 0.422.